The molecule has 0 heterocycles. The second-order valence-corrected chi connectivity index (χ2v) is 7.98. The highest BCUT2D eigenvalue weighted by molar-refractivity contribution is 6.06. The number of phenolic OH excluding ortho intramolecular Hbond substituents is 1. The molecule has 0 aromatic heterocycles. The Morgan fingerprint density at radius 3 is 2.59 bits per heavy atom. The molecule has 2 aliphatic rings. The maximum atomic E-state index is 12.0. The van der Waals surface area contributed by atoms with Gasteiger partial charge in [0.15, 0.2) is 0 Å². The normalized spacial score (nSPS) is 19.2. The van der Waals surface area contributed by atoms with Crippen molar-refractivity contribution in [2.45, 2.75) is 71.1 Å². The molecule has 4 nitrogen and oxygen atoms in total. The third kappa shape index (κ3) is 5.21. The molecule has 3 rings (SSSR count). The predicted octanol–water partition coefficient (Wildman–Crippen LogP) is 5.42. The number of nitrogens with zero attached hydrogens (tertiary/aromatic N) is 2. The van der Waals surface area contributed by atoms with E-state index in [1.807, 2.05) is 12.1 Å². The number of aliphatic imine (C=N–C) groups is 1. The van der Waals surface area contributed by atoms with Gasteiger partial charge in [-0.15, -0.1) is 0 Å². The zero-order valence-electron chi connectivity index (χ0n) is 16.5. The maximum absolute atomic E-state index is 12.0. The van der Waals surface area contributed by atoms with Crippen molar-refractivity contribution in [1.82, 2.24) is 4.90 Å². The van der Waals surface area contributed by atoms with Gasteiger partial charge in [-0.05, 0) is 57.1 Å². The maximum Gasteiger partial charge on any atom is 0.215 e. The molecular formula is C23H32N2O2. The molecule has 2 aliphatic carbocycles. The van der Waals surface area contributed by atoms with Crippen molar-refractivity contribution in [3.05, 3.63) is 41.1 Å². The summed E-state index contributed by atoms with van der Waals surface area (Å²) in [5, 5.41) is 10.4. The molecule has 1 N–H and O–H groups in total. The highest BCUT2D eigenvalue weighted by Crippen LogP contribution is 2.29. The van der Waals surface area contributed by atoms with Gasteiger partial charge in [0, 0.05) is 12.2 Å². The molecule has 1 amide bonds. The van der Waals surface area contributed by atoms with Crippen LogP contribution < -0.4 is 0 Å². The molecule has 0 aliphatic heterocycles. The molecule has 0 saturated heterocycles. The monoisotopic (exact) mass is 368 g/mol. The van der Waals surface area contributed by atoms with E-state index in [2.05, 4.69) is 6.92 Å². The number of benzene rings is 1. The average Bonchev–Trinajstić information content (AvgIpc) is 2.70. The van der Waals surface area contributed by atoms with Gasteiger partial charge in [-0.3, -0.25) is 9.69 Å². The number of aromatic hydroxyl groups is 1. The number of hydrogen-bond acceptors (Lipinski definition) is 3. The molecule has 0 unspecified atom stereocenters. The standard InChI is InChI=1S/C23H32N2O2/c1-18-9-5-7-13-21(18)24-23(20-12-6-8-14-22(20)27)25(17-26)16-15-19-10-3-2-4-11-19/h6,8,12,14,17,19,27H,2-5,7,9-11,13,15-16H2,1H3/b24-23-. The van der Waals surface area contributed by atoms with E-state index in [-0.39, 0.29) is 5.75 Å². The number of rotatable bonds is 6. The van der Waals surface area contributed by atoms with E-state index in [1.165, 1.54) is 44.1 Å². The molecule has 0 atom stereocenters. The number of amidine groups is 1. The Bertz CT molecular complexity index is 702. The second-order valence-electron chi connectivity index (χ2n) is 7.98. The fraction of sp³-hybridized carbons (Fsp3) is 0.565. The van der Waals surface area contributed by atoms with Crippen LogP contribution in [0, 0.1) is 5.92 Å². The minimum Gasteiger partial charge on any atom is -0.507 e. The lowest BCUT2D eigenvalue weighted by Crippen LogP contribution is -2.33. The van der Waals surface area contributed by atoms with Crippen LogP contribution in [0.1, 0.15) is 76.7 Å². The summed E-state index contributed by atoms with van der Waals surface area (Å²) in [7, 11) is 0. The van der Waals surface area contributed by atoms with Crippen molar-refractivity contribution in [2.24, 2.45) is 10.9 Å². The van der Waals surface area contributed by atoms with Crippen molar-refractivity contribution in [2.75, 3.05) is 6.54 Å². The van der Waals surface area contributed by atoms with Crippen LogP contribution in [0.15, 0.2) is 40.5 Å². The summed E-state index contributed by atoms with van der Waals surface area (Å²) in [5.74, 6) is 1.47. The third-order valence-electron chi connectivity index (χ3n) is 6.00. The van der Waals surface area contributed by atoms with Crippen molar-refractivity contribution in [3.8, 4) is 5.75 Å². The van der Waals surface area contributed by atoms with Gasteiger partial charge >= 0.3 is 0 Å². The molecule has 1 saturated carbocycles. The van der Waals surface area contributed by atoms with Crippen LogP contribution in [0.2, 0.25) is 0 Å². The third-order valence-corrected chi connectivity index (χ3v) is 6.00. The van der Waals surface area contributed by atoms with Gasteiger partial charge < -0.3 is 5.11 Å². The molecule has 1 aromatic carbocycles. The number of phenols is 1. The van der Waals surface area contributed by atoms with Gasteiger partial charge in [-0.1, -0.05) is 49.8 Å². The quantitative estimate of drug-likeness (QED) is 0.414. The van der Waals surface area contributed by atoms with E-state index in [9.17, 15) is 9.90 Å². The van der Waals surface area contributed by atoms with E-state index in [1.54, 1.807) is 17.0 Å². The first kappa shape index (κ1) is 19.7. The Labute approximate surface area is 163 Å². The second kappa shape index (κ2) is 9.72. The van der Waals surface area contributed by atoms with Crippen LogP contribution in [0.5, 0.6) is 5.75 Å². The lowest BCUT2D eigenvalue weighted by molar-refractivity contribution is -0.115. The molecule has 0 spiro atoms. The minimum atomic E-state index is 0.176. The zero-order chi connectivity index (χ0) is 19.1. The number of hydrogen-bond donors (Lipinski definition) is 1. The SMILES string of the molecule is CC1=C(/N=C(/c2ccccc2O)N(C=O)CCC2CCCCC2)CCCC1. The van der Waals surface area contributed by atoms with Crippen molar-refractivity contribution < 1.29 is 9.90 Å². The number of amides is 1. The molecule has 4 heteroatoms. The van der Waals surface area contributed by atoms with Gasteiger partial charge in [0.25, 0.3) is 0 Å². The molecule has 146 valence electrons. The predicted molar refractivity (Wildman–Crippen MR) is 110 cm³/mol. The molecule has 0 radical (unpaired) electrons. The summed E-state index contributed by atoms with van der Waals surface area (Å²) in [6.07, 6.45) is 12.7. The molecule has 1 aromatic rings. The van der Waals surface area contributed by atoms with Gasteiger partial charge in [0.1, 0.15) is 11.6 Å². The number of carbonyl (C=O) groups excluding carboxylic acids is 1. The van der Waals surface area contributed by atoms with Crippen LogP contribution in [0.4, 0.5) is 0 Å². The highest BCUT2D eigenvalue weighted by atomic mass is 16.3. The average molecular weight is 369 g/mol. The number of para-hydroxylation sites is 1. The Morgan fingerprint density at radius 2 is 1.89 bits per heavy atom. The Morgan fingerprint density at radius 1 is 1.15 bits per heavy atom. The lowest BCUT2D eigenvalue weighted by atomic mass is 9.87. The summed E-state index contributed by atoms with van der Waals surface area (Å²) >= 11 is 0. The van der Waals surface area contributed by atoms with Gasteiger partial charge in [-0.2, -0.15) is 0 Å². The fourth-order valence-electron chi connectivity index (χ4n) is 4.27. The first-order valence-corrected chi connectivity index (χ1v) is 10.5. The topological polar surface area (TPSA) is 52.9 Å². The molecule has 0 bridgehead atoms. The van der Waals surface area contributed by atoms with Crippen LogP contribution in [-0.2, 0) is 4.79 Å². The summed E-state index contributed by atoms with van der Waals surface area (Å²) in [6, 6.07) is 7.20. The van der Waals surface area contributed by atoms with E-state index in [0.29, 0.717) is 23.9 Å². The van der Waals surface area contributed by atoms with Crippen LogP contribution in [-0.4, -0.2) is 28.8 Å². The zero-order valence-corrected chi connectivity index (χ0v) is 16.5. The largest absolute Gasteiger partial charge is 0.507 e. The van der Waals surface area contributed by atoms with E-state index < -0.39 is 0 Å². The Balaban J connectivity index is 1.87. The first-order valence-electron chi connectivity index (χ1n) is 10.5. The van der Waals surface area contributed by atoms with E-state index in [0.717, 1.165) is 37.8 Å². The van der Waals surface area contributed by atoms with Crippen LogP contribution in [0.3, 0.4) is 0 Å². The van der Waals surface area contributed by atoms with Gasteiger partial charge in [-0.25, -0.2) is 4.99 Å². The van der Waals surface area contributed by atoms with Gasteiger partial charge in [0.05, 0.1) is 5.56 Å². The Hall–Kier alpha value is -2.10. The molecule has 27 heavy (non-hydrogen) atoms. The minimum absolute atomic E-state index is 0.176. The first-order chi connectivity index (χ1) is 13.2. The van der Waals surface area contributed by atoms with Gasteiger partial charge in [0.2, 0.25) is 6.41 Å². The number of carbonyl (C=O) groups is 1. The molecular weight excluding hydrogens is 336 g/mol. The Kier molecular flexibility index (Phi) is 7.08. The summed E-state index contributed by atoms with van der Waals surface area (Å²) in [5.41, 5.74) is 3.01. The summed E-state index contributed by atoms with van der Waals surface area (Å²) in [6.45, 7) is 2.79. The van der Waals surface area contributed by atoms with Crippen molar-refractivity contribution >= 4 is 12.2 Å². The van der Waals surface area contributed by atoms with Crippen molar-refractivity contribution in [3.63, 3.8) is 0 Å². The summed E-state index contributed by atoms with van der Waals surface area (Å²) < 4.78 is 0. The fourth-order valence-corrected chi connectivity index (χ4v) is 4.27. The highest BCUT2D eigenvalue weighted by Gasteiger charge is 2.21. The van der Waals surface area contributed by atoms with Crippen LogP contribution >= 0.6 is 0 Å². The smallest absolute Gasteiger partial charge is 0.215 e. The van der Waals surface area contributed by atoms with Crippen LogP contribution in [0.25, 0.3) is 0 Å². The van der Waals surface area contributed by atoms with Crippen molar-refractivity contribution in [1.29, 1.82) is 0 Å². The molecule has 1 fully saturated rings. The summed E-state index contributed by atoms with van der Waals surface area (Å²) in [4.78, 5) is 18.6. The van der Waals surface area contributed by atoms with E-state index in [4.69, 9.17) is 4.99 Å². The van der Waals surface area contributed by atoms with E-state index >= 15 is 0 Å². The lowest BCUT2D eigenvalue weighted by Gasteiger charge is -2.26. The number of allylic oxidation sites excluding steroid dienone is 2.